The number of ether oxygens (including phenoxy) is 1. The molecule has 0 fully saturated rings. The molecule has 0 saturated carbocycles. The van der Waals surface area contributed by atoms with Crippen molar-refractivity contribution in [1.29, 1.82) is 0 Å². The fourth-order valence-corrected chi connectivity index (χ4v) is 1.61. The molecule has 4 heteroatoms. The Morgan fingerprint density at radius 1 is 1.27 bits per heavy atom. The van der Waals surface area contributed by atoms with Gasteiger partial charge in [0, 0.05) is 18.2 Å². The molecule has 84 valence electrons. The van der Waals surface area contributed by atoms with Crippen LogP contribution in [0.2, 0.25) is 10.0 Å². The van der Waals surface area contributed by atoms with Crippen LogP contribution < -0.4 is 5.32 Å². The van der Waals surface area contributed by atoms with Crippen molar-refractivity contribution in [1.82, 2.24) is 0 Å². The van der Waals surface area contributed by atoms with Crippen molar-refractivity contribution in [3.8, 4) is 0 Å². The van der Waals surface area contributed by atoms with Gasteiger partial charge in [-0.2, -0.15) is 0 Å². The number of nitrogens with one attached hydrogen (secondary N) is 1. The number of hydrogen-bond acceptors (Lipinski definition) is 2. The van der Waals surface area contributed by atoms with Crippen LogP contribution in [0.4, 0.5) is 5.69 Å². The standard InChI is InChI=1S/C11H15Cl2NO/c1-2-6-15-7-5-14-11-4-3-9(12)8-10(11)13/h3-4,8,14H,2,5-7H2,1H3. The van der Waals surface area contributed by atoms with Gasteiger partial charge < -0.3 is 10.1 Å². The maximum absolute atomic E-state index is 5.98. The molecule has 15 heavy (non-hydrogen) atoms. The number of benzene rings is 1. The first-order chi connectivity index (χ1) is 7.24. The highest BCUT2D eigenvalue weighted by atomic mass is 35.5. The van der Waals surface area contributed by atoms with Crippen LogP contribution in [-0.4, -0.2) is 19.8 Å². The molecule has 0 heterocycles. The zero-order chi connectivity index (χ0) is 11.1. The van der Waals surface area contributed by atoms with E-state index in [1.807, 2.05) is 12.1 Å². The van der Waals surface area contributed by atoms with Crippen molar-refractivity contribution in [3.63, 3.8) is 0 Å². The van der Waals surface area contributed by atoms with Crippen molar-refractivity contribution in [3.05, 3.63) is 28.2 Å². The molecule has 0 aliphatic heterocycles. The normalized spacial score (nSPS) is 10.3. The third-order valence-corrected chi connectivity index (χ3v) is 2.39. The average Bonchev–Trinajstić information content (AvgIpc) is 2.20. The molecule has 2 nitrogen and oxygen atoms in total. The van der Waals surface area contributed by atoms with Gasteiger partial charge in [-0.15, -0.1) is 0 Å². The van der Waals surface area contributed by atoms with Crippen LogP contribution >= 0.6 is 23.2 Å². The number of rotatable bonds is 6. The zero-order valence-electron chi connectivity index (χ0n) is 8.72. The molecule has 0 amide bonds. The van der Waals surface area contributed by atoms with Gasteiger partial charge in [0.1, 0.15) is 0 Å². The first kappa shape index (κ1) is 12.6. The zero-order valence-corrected chi connectivity index (χ0v) is 10.2. The monoisotopic (exact) mass is 247 g/mol. The van der Waals surface area contributed by atoms with Gasteiger partial charge in [-0.05, 0) is 24.6 Å². The summed E-state index contributed by atoms with van der Waals surface area (Å²) in [6.45, 7) is 4.33. The minimum absolute atomic E-state index is 0.637. The second-order valence-corrected chi connectivity index (χ2v) is 4.01. The van der Waals surface area contributed by atoms with Crippen molar-refractivity contribution in [2.75, 3.05) is 25.1 Å². The molecule has 1 aromatic carbocycles. The SMILES string of the molecule is CCCOCCNc1ccc(Cl)cc1Cl. The fourth-order valence-electron chi connectivity index (χ4n) is 1.14. The summed E-state index contributed by atoms with van der Waals surface area (Å²) < 4.78 is 5.34. The molecule has 0 spiro atoms. The van der Waals surface area contributed by atoms with Gasteiger partial charge in [-0.25, -0.2) is 0 Å². The van der Waals surface area contributed by atoms with Crippen molar-refractivity contribution < 1.29 is 4.74 Å². The first-order valence-electron chi connectivity index (χ1n) is 5.00. The van der Waals surface area contributed by atoms with Gasteiger partial charge in [0.2, 0.25) is 0 Å². The van der Waals surface area contributed by atoms with E-state index < -0.39 is 0 Å². The molecule has 0 aliphatic rings. The minimum Gasteiger partial charge on any atom is -0.382 e. The molecule has 0 radical (unpaired) electrons. The van der Waals surface area contributed by atoms with E-state index in [1.165, 1.54) is 0 Å². The van der Waals surface area contributed by atoms with E-state index in [9.17, 15) is 0 Å². The Kier molecular flexibility index (Phi) is 5.84. The van der Waals surface area contributed by atoms with Crippen LogP contribution in [-0.2, 0) is 4.74 Å². The predicted octanol–water partition coefficient (Wildman–Crippen LogP) is 3.83. The second kappa shape index (κ2) is 6.94. The number of hydrogen-bond donors (Lipinski definition) is 1. The third kappa shape index (κ3) is 4.74. The van der Waals surface area contributed by atoms with Crippen molar-refractivity contribution >= 4 is 28.9 Å². The lowest BCUT2D eigenvalue weighted by atomic mass is 10.3. The van der Waals surface area contributed by atoms with Gasteiger partial charge in [0.05, 0.1) is 17.3 Å². The van der Waals surface area contributed by atoms with Crippen LogP contribution in [0.15, 0.2) is 18.2 Å². The average molecular weight is 248 g/mol. The summed E-state index contributed by atoms with van der Waals surface area (Å²) in [5.74, 6) is 0. The largest absolute Gasteiger partial charge is 0.382 e. The van der Waals surface area contributed by atoms with E-state index in [-0.39, 0.29) is 0 Å². The minimum atomic E-state index is 0.637. The van der Waals surface area contributed by atoms with E-state index in [0.717, 1.165) is 25.3 Å². The fraction of sp³-hybridized carbons (Fsp3) is 0.455. The summed E-state index contributed by atoms with van der Waals surface area (Å²) in [6.07, 6.45) is 1.04. The van der Waals surface area contributed by atoms with E-state index in [1.54, 1.807) is 6.07 Å². The Morgan fingerprint density at radius 2 is 2.07 bits per heavy atom. The van der Waals surface area contributed by atoms with E-state index >= 15 is 0 Å². The summed E-state index contributed by atoms with van der Waals surface area (Å²) in [7, 11) is 0. The summed E-state index contributed by atoms with van der Waals surface area (Å²) in [5.41, 5.74) is 0.890. The molecule has 0 atom stereocenters. The highest BCUT2D eigenvalue weighted by Crippen LogP contribution is 2.24. The topological polar surface area (TPSA) is 21.3 Å². The van der Waals surface area contributed by atoms with E-state index in [0.29, 0.717) is 16.7 Å². The lowest BCUT2D eigenvalue weighted by Gasteiger charge is -2.08. The molecular formula is C11H15Cl2NO. The van der Waals surface area contributed by atoms with Crippen LogP contribution in [0, 0.1) is 0 Å². The van der Waals surface area contributed by atoms with Gasteiger partial charge in [-0.1, -0.05) is 30.1 Å². The maximum Gasteiger partial charge on any atom is 0.0652 e. The molecular weight excluding hydrogens is 233 g/mol. The third-order valence-electron chi connectivity index (χ3n) is 1.84. The van der Waals surface area contributed by atoms with Crippen LogP contribution in [0.3, 0.4) is 0 Å². The molecule has 0 saturated heterocycles. The first-order valence-corrected chi connectivity index (χ1v) is 5.76. The van der Waals surface area contributed by atoms with Crippen LogP contribution in [0.5, 0.6) is 0 Å². The number of anilines is 1. The molecule has 0 aromatic heterocycles. The van der Waals surface area contributed by atoms with E-state index in [2.05, 4.69) is 12.2 Å². The quantitative estimate of drug-likeness (QED) is 0.772. The Balaban J connectivity index is 2.31. The predicted molar refractivity (Wildman–Crippen MR) is 66.1 cm³/mol. The Bertz CT molecular complexity index is 305. The Morgan fingerprint density at radius 3 is 2.73 bits per heavy atom. The summed E-state index contributed by atoms with van der Waals surface area (Å²) >= 11 is 11.8. The van der Waals surface area contributed by atoms with E-state index in [4.69, 9.17) is 27.9 Å². The lowest BCUT2D eigenvalue weighted by Crippen LogP contribution is -2.09. The lowest BCUT2D eigenvalue weighted by molar-refractivity contribution is 0.144. The highest BCUT2D eigenvalue weighted by Gasteiger charge is 1.99. The van der Waals surface area contributed by atoms with Crippen LogP contribution in [0.1, 0.15) is 13.3 Å². The van der Waals surface area contributed by atoms with Gasteiger partial charge in [0.25, 0.3) is 0 Å². The number of halogens is 2. The van der Waals surface area contributed by atoms with Crippen LogP contribution in [0.25, 0.3) is 0 Å². The summed E-state index contributed by atoms with van der Waals surface area (Å²) in [6, 6.07) is 5.39. The second-order valence-electron chi connectivity index (χ2n) is 3.16. The molecule has 0 bridgehead atoms. The molecule has 1 N–H and O–H groups in total. The summed E-state index contributed by atoms with van der Waals surface area (Å²) in [5, 5.41) is 4.47. The molecule has 1 aromatic rings. The highest BCUT2D eigenvalue weighted by molar-refractivity contribution is 6.36. The maximum atomic E-state index is 5.98. The Labute approximate surface area is 101 Å². The summed E-state index contributed by atoms with van der Waals surface area (Å²) in [4.78, 5) is 0. The molecule has 0 aliphatic carbocycles. The molecule has 0 unspecified atom stereocenters. The smallest absolute Gasteiger partial charge is 0.0652 e. The van der Waals surface area contributed by atoms with Crippen molar-refractivity contribution in [2.24, 2.45) is 0 Å². The molecule has 1 rings (SSSR count). The van der Waals surface area contributed by atoms with Gasteiger partial charge in [0.15, 0.2) is 0 Å². The van der Waals surface area contributed by atoms with Gasteiger partial charge in [-0.3, -0.25) is 0 Å². The Hall–Kier alpha value is -0.440. The van der Waals surface area contributed by atoms with Gasteiger partial charge >= 0.3 is 0 Å². The van der Waals surface area contributed by atoms with Crippen molar-refractivity contribution in [2.45, 2.75) is 13.3 Å².